The van der Waals surface area contributed by atoms with E-state index >= 15 is 0 Å². The lowest BCUT2D eigenvalue weighted by molar-refractivity contribution is -0.143. The smallest absolute Gasteiger partial charge is 0.319 e. The van der Waals surface area contributed by atoms with Gasteiger partial charge in [0.1, 0.15) is 0 Å². The fourth-order valence-corrected chi connectivity index (χ4v) is 3.01. The molecule has 0 amide bonds. The van der Waals surface area contributed by atoms with Crippen molar-refractivity contribution in [1.82, 2.24) is 10.2 Å². The van der Waals surface area contributed by atoms with Gasteiger partial charge in [-0.1, -0.05) is 0 Å². The average Bonchev–Trinajstić information content (AvgIpc) is 2.47. The van der Waals surface area contributed by atoms with Crippen molar-refractivity contribution in [2.24, 2.45) is 5.92 Å². The predicted molar refractivity (Wildman–Crippen MR) is 78.4 cm³/mol. The fourth-order valence-electron chi connectivity index (χ4n) is 3.01. The normalized spacial score (nSPS) is 18.1. The Labute approximate surface area is 136 Å². The summed E-state index contributed by atoms with van der Waals surface area (Å²) < 4.78 is 77.2. The number of hydrogen-bond acceptors (Lipinski definition) is 2. The average molecular weight is 354 g/mol. The Balaban J connectivity index is 2.15. The molecule has 1 heterocycles. The maximum Gasteiger partial charge on any atom is 0.416 e. The molecule has 2 rings (SSSR count). The third-order valence-corrected chi connectivity index (χ3v) is 4.25. The largest absolute Gasteiger partial charge is 0.416 e. The monoisotopic (exact) mass is 354 g/mol. The summed E-state index contributed by atoms with van der Waals surface area (Å²) in [6.45, 7) is 2.31. The van der Waals surface area contributed by atoms with Gasteiger partial charge in [0, 0.05) is 6.54 Å². The molecule has 136 valence electrons. The first-order valence-corrected chi connectivity index (χ1v) is 7.75. The summed E-state index contributed by atoms with van der Waals surface area (Å²) in [4.78, 5) is 1.90. The van der Waals surface area contributed by atoms with Crippen molar-refractivity contribution < 1.29 is 26.3 Å². The lowest BCUT2D eigenvalue weighted by atomic mass is 9.96. The van der Waals surface area contributed by atoms with Crippen molar-refractivity contribution in [3.8, 4) is 0 Å². The molecule has 24 heavy (non-hydrogen) atoms. The molecule has 1 fully saturated rings. The molecule has 0 bridgehead atoms. The number of piperidine rings is 1. The zero-order chi connectivity index (χ0) is 18.0. The van der Waals surface area contributed by atoms with Crippen LogP contribution in [0.25, 0.3) is 0 Å². The van der Waals surface area contributed by atoms with E-state index in [-0.39, 0.29) is 18.2 Å². The highest BCUT2D eigenvalue weighted by molar-refractivity contribution is 5.33. The van der Waals surface area contributed by atoms with Gasteiger partial charge in [-0.25, -0.2) is 0 Å². The van der Waals surface area contributed by atoms with E-state index in [1.165, 1.54) is 0 Å². The van der Waals surface area contributed by atoms with Crippen molar-refractivity contribution in [2.45, 2.75) is 31.7 Å². The van der Waals surface area contributed by atoms with Crippen molar-refractivity contribution in [2.75, 3.05) is 26.7 Å². The van der Waals surface area contributed by atoms with Gasteiger partial charge in [0.2, 0.25) is 0 Å². The minimum Gasteiger partial charge on any atom is -0.319 e. The summed E-state index contributed by atoms with van der Waals surface area (Å²) in [5.41, 5.74) is -2.46. The Hall–Kier alpha value is -1.28. The summed E-state index contributed by atoms with van der Waals surface area (Å²) in [6.07, 6.45) is -7.83. The molecule has 0 radical (unpaired) electrons. The second-order valence-corrected chi connectivity index (χ2v) is 6.19. The molecule has 8 heteroatoms. The van der Waals surface area contributed by atoms with Crippen LogP contribution in [0.2, 0.25) is 0 Å². The Bertz CT molecular complexity index is 512. The van der Waals surface area contributed by atoms with Gasteiger partial charge in [-0.15, -0.1) is 0 Å². The van der Waals surface area contributed by atoms with Gasteiger partial charge in [0.25, 0.3) is 0 Å². The van der Waals surface area contributed by atoms with Crippen LogP contribution in [-0.2, 0) is 18.9 Å². The van der Waals surface area contributed by atoms with E-state index in [1.807, 2.05) is 11.9 Å². The topological polar surface area (TPSA) is 15.3 Å². The summed E-state index contributed by atoms with van der Waals surface area (Å²) in [5.74, 6) is 0.499. The number of nitrogens with one attached hydrogen (secondary N) is 1. The van der Waals surface area contributed by atoms with E-state index in [1.54, 1.807) is 0 Å². The molecule has 1 aliphatic heterocycles. The number of alkyl halides is 6. The molecule has 0 aromatic heterocycles. The molecule has 0 spiro atoms. The molecular formula is C16H20F6N2. The molecule has 2 nitrogen and oxygen atoms in total. The van der Waals surface area contributed by atoms with Gasteiger partial charge in [-0.3, -0.25) is 4.90 Å². The van der Waals surface area contributed by atoms with Crippen LogP contribution in [0, 0.1) is 5.92 Å². The van der Waals surface area contributed by atoms with Crippen molar-refractivity contribution in [1.29, 1.82) is 0 Å². The molecule has 0 unspecified atom stereocenters. The van der Waals surface area contributed by atoms with Crippen molar-refractivity contribution in [3.63, 3.8) is 0 Å². The van der Waals surface area contributed by atoms with Gasteiger partial charge in [0.05, 0.1) is 11.1 Å². The van der Waals surface area contributed by atoms with Crippen LogP contribution in [0.4, 0.5) is 26.3 Å². The number of likely N-dealkylation sites (tertiary alicyclic amines) is 1. The first kappa shape index (κ1) is 19.1. The molecule has 1 N–H and O–H groups in total. The SMILES string of the molecule is CNCC1CCN(Cc2cc(C(F)(F)F)cc(C(F)(F)F)c2)CC1. The first-order chi connectivity index (χ1) is 11.1. The highest BCUT2D eigenvalue weighted by Crippen LogP contribution is 2.36. The van der Waals surface area contributed by atoms with E-state index < -0.39 is 23.5 Å². The number of benzene rings is 1. The molecule has 1 aromatic carbocycles. The van der Waals surface area contributed by atoms with Crippen molar-refractivity contribution in [3.05, 3.63) is 34.9 Å². The minimum absolute atomic E-state index is 0.0456. The van der Waals surface area contributed by atoms with Crippen LogP contribution in [0.3, 0.4) is 0 Å². The standard InChI is InChI=1S/C16H20F6N2/c1-23-9-11-2-4-24(5-3-11)10-12-6-13(15(17,18)19)8-14(7-12)16(20,21)22/h6-8,11,23H,2-5,9-10H2,1H3. The van der Waals surface area contributed by atoms with Crippen LogP contribution in [0.1, 0.15) is 29.5 Å². The fraction of sp³-hybridized carbons (Fsp3) is 0.625. The highest BCUT2D eigenvalue weighted by atomic mass is 19.4. The second kappa shape index (κ2) is 7.31. The third kappa shape index (κ3) is 5.11. The number of halogens is 6. The molecule has 1 aromatic rings. The van der Waals surface area contributed by atoms with Gasteiger partial charge in [0.15, 0.2) is 0 Å². The van der Waals surface area contributed by atoms with Crippen molar-refractivity contribution >= 4 is 0 Å². The molecule has 1 saturated heterocycles. The van der Waals surface area contributed by atoms with Crippen LogP contribution in [-0.4, -0.2) is 31.6 Å². The first-order valence-electron chi connectivity index (χ1n) is 7.75. The lowest BCUT2D eigenvalue weighted by Crippen LogP contribution is -2.36. The molecular weight excluding hydrogens is 334 g/mol. The van der Waals surface area contributed by atoms with E-state index in [9.17, 15) is 26.3 Å². The zero-order valence-corrected chi connectivity index (χ0v) is 13.3. The number of rotatable bonds is 4. The number of hydrogen-bond donors (Lipinski definition) is 1. The Morgan fingerprint density at radius 3 is 1.88 bits per heavy atom. The second-order valence-electron chi connectivity index (χ2n) is 6.19. The molecule has 0 atom stereocenters. The van der Waals surface area contributed by atoms with Gasteiger partial charge >= 0.3 is 12.4 Å². The quantitative estimate of drug-likeness (QED) is 0.817. The van der Waals surface area contributed by atoms with E-state index in [0.29, 0.717) is 19.0 Å². The lowest BCUT2D eigenvalue weighted by Gasteiger charge is -2.32. The van der Waals surface area contributed by atoms with Gasteiger partial charge in [-0.05, 0) is 69.2 Å². The van der Waals surface area contributed by atoms with Crippen LogP contribution < -0.4 is 5.32 Å². The van der Waals surface area contributed by atoms with Gasteiger partial charge < -0.3 is 5.32 Å². The van der Waals surface area contributed by atoms with Crippen LogP contribution in [0.5, 0.6) is 0 Å². The van der Waals surface area contributed by atoms with Gasteiger partial charge in [-0.2, -0.15) is 26.3 Å². The Kier molecular flexibility index (Phi) is 5.80. The molecule has 1 aliphatic rings. The van der Waals surface area contributed by atoms with Crippen LogP contribution >= 0.6 is 0 Å². The van der Waals surface area contributed by atoms with Crippen LogP contribution in [0.15, 0.2) is 18.2 Å². The summed E-state index contributed by atoms with van der Waals surface area (Å²) in [5, 5.41) is 3.08. The summed E-state index contributed by atoms with van der Waals surface area (Å²) in [7, 11) is 1.85. The summed E-state index contributed by atoms with van der Waals surface area (Å²) in [6, 6.07) is 1.80. The highest BCUT2D eigenvalue weighted by Gasteiger charge is 2.37. The van der Waals surface area contributed by atoms with E-state index in [0.717, 1.165) is 31.5 Å². The zero-order valence-electron chi connectivity index (χ0n) is 13.3. The predicted octanol–water partition coefficient (Wildman–Crippen LogP) is 4.16. The Morgan fingerprint density at radius 2 is 1.46 bits per heavy atom. The minimum atomic E-state index is -4.80. The molecule has 0 saturated carbocycles. The summed E-state index contributed by atoms with van der Waals surface area (Å²) >= 11 is 0. The van der Waals surface area contributed by atoms with E-state index in [4.69, 9.17) is 0 Å². The van der Waals surface area contributed by atoms with E-state index in [2.05, 4.69) is 5.32 Å². The third-order valence-electron chi connectivity index (χ3n) is 4.25. The Morgan fingerprint density at radius 1 is 0.958 bits per heavy atom. The molecule has 0 aliphatic carbocycles. The maximum atomic E-state index is 12.9. The maximum absolute atomic E-state index is 12.9. The number of nitrogens with zero attached hydrogens (tertiary/aromatic N) is 1.